The molecule has 0 rings (SSSR count). The van der Waals surface area contributed by atoms with Crippen LogP contribution in [0.5, 0.6) is 0 Å². The van der Waals surface area contributed by atoms with Crippen LogP contribution in [-0.4, -0.2) is 72.5 Å². The first-order chi connectivity index (χ1) is 11.4. The molecule has 0 aromatic rings. The summed E-state index contributed by atoms with van der Waals surface area (Å²) in [6.45, 7) is 16.6. The zero-order chi connectivity index (χ0) is 18.8. The van der Waals surface area contributed by atoms with Crippen LogP contribution in [0.25, 0.3) is 0 Å². The summed E-state index contributed by atoms with van der Waals surface area (Å²) in [4.78, 5) is 23.7. The SMILES string of the molecule is C=CCN(CC=C)CO[PH](=O)[O-].C=CCN(CC=C)CO[PH](=O)[O-].[Mg+2]. The fraction of sp³-hybridized carbons (Fsp3) is 0.429. The van der Waals surface area contributed by atoms with E-state index >= 15 is 0 Å². The van der Waals surface area contributed by atoms with Gasteiger partial charge in [0.15, 0.2) is 0 Å². The maximum absolute atomic E-state index is 10.1. The van der Waals surface area contributed by atoms with Gasteiger partial charge in [-0.2, -0.15) is 0 Å². The van der Waals surface area contributed by atoms with Crippen molar-refractivity contribution in [1.82, 2.24) is 9.80 Å². The summed E-state index contributed by atoms with van der Waals surface area (Å²) in [6.07, 6.45) is 6.70. The van der Waals surface area contributed by atoms with Crippen LogP contribution < -0.4 is 9.79 Å². The van der Waals surface area contributed by atoms with Gasteiger partial charge in [-0.3, -0.25) is 9.80 Å². The van der Waals surface area contributed by atoms with Gasteiger partial charge >= 0.3 is 23.1 Å². The minimum Gasteiger partial charge on any atom is -0.781 e. The molecule has 0 saturated carbocycles. The van der Waals surface area contributed by atoms with Crippen LogP contribution in [-0.2, 0) is 18.2 Å². The van der Waals surface area contributed by atoms with Crippen LogP contribution in [0.2, 0.25) is 0 Å². The third-order valence-corrected chi connectivity index (χ3v) is 3.01. The molecule has 0 aliphatic rings. The van der Waals surface area contributed by atoms with Crippen molar-refractivity contribution < 1.29 is 28.0 Å². The molecule has 2 unspecified atom stereocenters. The zero-order valence-corrected chi connectivity index (χ0v) is 17.8. The van der Waals surface area contributed by atoms with Gasteiger partial charge in [0, 0.05) is 26.2 Å². The molecule has 0 fully saturated rings. The van der Waals surface area contributed by atoms with Gasteiger partial charge in [0.05, 0.1) is 0 Å². The summed E-state index contributed by atoms with van der Waals surface area (Å²) in [5.41, 5.74) is 0. The van der Waals surface area contributed by atoms with E-state index in [0.717, 1.165) is 0 Å². The molecule has 8 nitrogen and oxygen atoms in total. The summed E-state index contributed by atoms with van der Waals surface area (Å²) >= 11 is 0. The Morgan fingerprint density at radius 1 is 0.720 bits per heavy atom. The Bertz CT molecular complexity index is 368. The Hall–Kier alpha value is -0.0538. The summed E-state index contributed by atoms with van der Waals surface area (Å²) in [7, 11) is -6.15. The van der Waals surface area contributed by atoms with Crippen molar-refractivity contribution in [3.63, 3.8) is 0 Å². The molecule has 0 N–H and O–H groups in total. The van der Waals surface area contributed by atoms with E-state index in [1.54, 1.807) is 34.1 Å². The second-order valence-electron chi connectivity index (χ2n) is 4.27. The molecule has 0 aliphatic heterocycles. The van der Waals surface area contributed by atoms with Crippen molar-refractivity contribution in [3.05, 3.63) is 50.6 Å². The smallest absolute Gasteiger partial charge is 0.781 e. The van der Waals surface area contributed by atoms with E-state index in [4.69, 9.17) is 0 Å². The molecule has 0 amide bonds. The summed E-state index contributed by atoms with van der Waals surface area (Å²) < 4.78 is 29.0. The number of hydrogen-bond donors (Lipinski definition) is 0. The predicted molar refractivity (Wildman–Crippen MR) is 99.6 cm³/mol. The van der Waals surface area contributed by atoms with Gasteiger partial charge in [-0.25, -0.2) is 0 Å². The maximum Gasteiger partial charge on any atom is 2.00 e. The Morgan fingerprint density at radius 3 is 1.12 bits per heavy atom. The molecular weight excluding hydrogens is 378 g/mol. The van der Waals surface area contributed by atoms with Crippen molar-refractivity contribution in [1.29, 1.82) is 0 Å². The minimum absolute atomic E-state index is 0. The second-order valence-corrected chi connectivity index (χ2v) is 5.85. The zero-order valence-electron chi connectivity index (χ0n) is 14.4. The third-order valence-electron chi connectivity index (χ3n) is 2.28. The molecule has 140 valence electrons. The van der Waals surface area contributed by atoms with Gasteiger partial charge in [0.1, 0.15) is 30.0 Å². The second kappa shape index (κ2) is 22.0. The summed E-state index contributed by atoms with van der Waals surface area (Å²) in [5, 5.41) is 0. The normalized spacial score (nSPS) is 12.3. The van der Waals surface area contributed by atoms with Crippen LogP contribution in [0.3, 0.4) is 0 Å². The molecule has 0 heterocycles. The van der Waals surface area contributed by atoms with Crippen molar-refractivity contribution >= 4 is 39.6 Å². The summed E-state index contributed by atoms with van der Waals surface area (Å²) in [5.74, 6) is 0. The van der Waals surface area contributed by atoms with Gasteiger partial charge < -0.3 is 28.0 Å². The molecule has 0 spiro atoms. The molecular formula is C14H26MgN2O6P2. The first-order valence-corrected chi connectivity index (χ1v) is 9.41. The van der Waals surface area contributed by atoms with Crippen molar-refractivity contribution in [3.8, 4) is 0 Å². The molecule has 0 aromatic carbocycles. The standard InChI is InChI=1S/2C7H14NO3P.Mg/c2*1-3-5-8(6-4-2)7-11-12(9)10;/h2*3-4,12H,1-2,5-7H2,(H,9,10);/q;;+2/p-2. The first-order valence-electron chi connectivity index (χ1n) is 6.97. The third kappa shape index (κ3) is 23.9. The van der Waals surface area contributed by atoms with E-state index in [1.165, 1.54) is 0 Å². The van der Waals surface area contributed by atoms with E-state index in [1.807, 2.05) is 0 Å². The van der Waals surface area contributed by atoms with E-state index in [2.05, 4.69) is 35.4 Å². The topological polar surface area (TPSA) is 105 Å². The van der Waals surface area contributed by atoms with E-state index in [0.29, 0.717) is 26.2 Å². The maximum atomic E-state index is 10.1. The Labute approximate surface area is 167 Å². The summed E-state index contributed by atoms with van der Waals surface area (Å²) in [6, 6.07) is 0. The number of hydrogen-bond acceptors (Lipinski definition) is 8. The molecule has 0 aliphatic carbocycles. The average molecular weight is 405 g/mol. The fourth-order valence-corrected chi connectivity index (χ4v) is 1.95. The van der Waals surface area contributed by atoms with Gasteiger partial charge in [0.25, 0.3) is 0 Å². The fourth-order valence-electron chi connectivity index (χ4n) is 1.38. The van der Waals surface area contributed by atoms with E-state index in [9.17, 15) is 18.9 Å². The van der Waals surface area contributed by atoms with Gasteiger partial charge in [-0.15, -0.1) is 26.3 Å². The van der Waals surface area contributed by atoms with E-state index < -0.39 is 16.5 Å². The van der Waals surface area contributed by atoms with Gasteiger partial charge in [0.2, 0.25) is 0 Å². The Morgan fingerprint density at radius 2 is 0.960 bits per heavy atom. The molecule has 11 heteroatoms. The van der Waals surface area contributed by atoms with Crippen molar-refractivity contribution in [2.75, 3.05) is 39.6 Å². The number of nitrogens with zero attached hydrogens (tertiary/aromatic N) is 2. The Balaban J connectivity index is -0.000000372. The Kier molecular flexibility index (Phi) is 26.1. The molecule has 0 aromatic heterocycles. The van der Waals surface area contributed by atoms with E-state index in [-0.39, 0.29) is 36.5 Å². The first kappa shape index (κ1) is 29.7. The van der Waals surface area contributed by atoms with Crippen LogP contribution in [0, 0.1) is 0 Å². The molecule has 0 saturated heterocycles. The molecule has 0 radical (unpaired) electrons. The van der Waals surface area contributed by atoms with Crippen LogP contribution in [0.15, 0.2) is 50.6 Å². The minimum atomic E-state index is -3.08. The average Bonchev–Trinajstić information content (AvgIpc) is 2.52. The largest absolute Gasteiger partial charge is 2.00 e. The quantitative estimate of drug-likeness (QED) is 0.177. The molecule has 25 heavy (non-hydrogen) atoms. The molecule has 0 bridgehead atoms. The monoisotopic (exact) mass is 404 g/mol. The predicted octanol–water partition coefficient (Wildman–Crippen LogP) is 0.388. The van der Waals surface area contributed by atoms with Crippen molar-refractivity contribution in [2.24, 2.45) is 0 Å². The van der Waals surface area contributed by atoms with Crippen LogP contribution in [0.1, 0.15) is 0 Å². The van der Waals surface area contributed by atoms with Crippen molar-refractivity contribution in [2.45, 2.75) is 0 Å². The molecule has 2 atom stereocenters. The van der Waals surface area contributed by atoms with Crippen LogP contribution >= 0.6 is 16.5 Å². The van der Waals surface area contributed by atoms with Gasteiger partial charge in [-0.1, -0.05) is 24.3 Å². The number of rotatable bonds is 14. The van der Waals surface area contributed by atoms with Gasteiger partial charge in [-0.05, 0) is 0 Å². The van der Waals surface area contributed by atoms with Crippen LogP contribution in [0.4, 0.5) is 0 Å².